The molecule has 5 rings (SSSR count). The number of aromatic nitrogens is 1. The number of nitrogens with one attached hydrogen (secondary N) is 1. The predicted octanol–water partition coefficient (Wildman–Crippen LogP) is 5.62. The van der Waals surface area contributed by atoms with E-state index in [1.807, 2.05) is 30.3 Å². The Morgan fingerprint density at radius 3 is 2.33 bits per heavy atom. The van der Waals surface area contributed by atoms with Crippen molar-refractivity contribution < 1.29 is 19.1 Å². The van der Waals surface area contributed by atoms with E-state index in [1.165, 1.54) is 34.9 Å². The van der Waals surface area contributed by atoms with Gasteiger partial charge in [-0.15, -0.1) is 0 Å². The second kappa shape index (κ2) is 12.5. The van der Waals surface area contributed by atoms with E-state index in [0.717, 1.165) is 36.8 Å². The largest absolute Gasteiger partial charge is 0.480 e. The number of nitrogens with zero attached hydrogens (tertiary/aromatic N) is 1. The molecule has 1 aliphatic rings. The summed E-state index contributed by atoms with van der Waals surface area (Å²) in [6, 6.07) is 22.9. The summed E-state index contributed by atoms with van der Waals surface area (Å²) in [6.07, 6.45) is 4.25. The lowest BCUT2D eigenvalue weighted by molar-refractivity contribution is -0.140. The van der Waals surface area contributed by atoms with Gasteiger partial charge in [-0.2, -0.15) is 0 Å². The Morgan fingerprint density at radius 2 is 1.69 bits per heavy atom. The van der Waals surface area contributed by atoms with Crippen LogP contribution >= 0.6 is 0 Å². The summed E-state index contributed by atoms with van der Waals surface area (Å²) in [5.41, 5.74) is 9.00. The van der Waals surface area contributed by atoms with Gasteiger partial charge in [-0.05, 0) is 78.8 Å². The van der Waals surface area contributed by atoms with E-state index in [9.17, 15) is 23.9 Å². The molecule has 1 heterocycles. The number of ketones is 1. The minimum Gasteiger partial charge on any atom is -0.480 e. The van der Waals surface area contributed by atoms with Gasteiger partial charge in [0.2, 0.25) is 0 Å². The SMILES string of the molecule is Cc1cc(C(=O)c2ccc(=O)n(-c3ccc(CNC(C(=O)O)C(c4ccccc4)C4CCCC4)cc3)c2N)ccc1F. The first-order valence-electron chi connectivity index (χ1n) is 14.2. The molecule has 0 bridgehead atoms. The molecule has 4 aromatic rings. The lowest BCUT2D eigenvalue weighted by Gasteiger charge is -2.30. The number of hydrogen-bond acceptors (Lipinski definition) is 5. The van der Waals surface area contributed by atoms with Crippen molar-refractivity contribution in [3.8, 4) is 5.69 Å². The van der Waals surface area contributed by atoms with Crippen LogP contribution in [-0.4, -0.2) is 27.5 Å². The van der Waals surface area contributed by atoms with Gasteiger partial charge in [0.25, 0.3) is 5.56 Å². The summed E-state index contributed by atoms with van der Waals surface area (Å²) in [6.45, 7) is 1.89. The summed E-state index contributed by atoms with van der Waals surface area (Å²) in [5.74, 6) is -1.58. The molecule has 8 heteroatoms. The molecule has 1 aliphatic carbocycles. The second-order valence-electron chi connectivity index (χ2n) is 10.9. The van der Waals surface area contributed by atoms with Gasteiger partial charge in [-0.25, -0.2) is 4.39 Å². The molecule has 4 N–H and O–H groups in total. The van der Waals surface area contributed by atoms with Crippen LogP contribution in [0.2, 0.25) is 0 Å². The number of benzene rings is 3. The zero-order valence-electron chi connectivity index (χ0n) is 23.4. The van der Waals surface area contributed by atoms with Crippen molar-refractivity contribution in [1.29, 1.82) is 0 Å². The molecule has 1 aromatic heterocycles. The average molecular weight is 568 g/mol. The monoisotopic (exact) mass is 567 g/mol. The highest BCUT2D eigenvalue weighted by Crippen LogP contribution is 2.39. The maximum atomic E-state index is 13.7. The Labute approximate surface area is 243 Å². The molecule has 2 atom stereocenters. The van der Waals surface area contributed by atoms with Crippen molar-refractivity contribution in [3.05, 3.63) is 129 Å². The van der Waals surface area contributed by atoms with E-state index in [-0.39, 0.29) is 22.9 Å². The van der Waals surface area contributed by atoms with Gasteiger partial charge >= 0.3 is 5.97 Å². The number of nitrogen functional groups attached to an aromatic ring is 1. The molecule has 3 aromatic carbocycles. The zero-order chi connectivity index (χ0) is 29.8. The summed E-state index contributed by atoms with van der Waals surface area (Å²) in [5, 5.41) is 13.5. The minimum atomic E-state index is -0.885. The number of halogens is 1. The van der Waals surface area contributed by atoms with Crippen LogP contribution in [0.4, 0.5) is 10.2 Å². The van der Waals surface area contributed by atoms with Crippen molar-refractivity contribution in [2.45, 2.75) is 51.1 Å². The summed E-state index contributed by atoms with van der Waals surface area (Å²) >= 11 is 0. The van der Waals surface area contributed by atoms with Gasteiger partial charge < -0.3 is 10.8 Å². The number of aryl methyl sites for hydroxylation is 1. The predicted molar refractivity (Wildman–Crippen MR) is 160 cm³/mol. The van der Waals surface area contributed by atoms with Gasteiger partial charge in [0.05, 0.1) is 11.3 Å². The second-order valence-corrected chi connectivity index (χ2v) is 10.9. The Morgan fingerprint density at radius 1 is 1.00 bits per heavy atom. The number of aliphatic carboxylic acids is 1. The number of rotatable bonds is 10. The van der Waals surface area contributed by atoms with E-state index >= 15 is 0 Å². The van der Waals surface area contributed by atoms with Crippen molar-refractivity contribution in [2.24, 2.45) is 5.92 Å². The number of carboxylic acids is 1. The first-order valence-corrected chi connectivity index (χ1v) is 14.2. The maximum Gasteiger partial charge on any atom is 0.321 e. The van der Waals surface area contributed by atoms with E-state index in [1.54, 1.807) is 31.2 Å². The van der Waals surface area contributed by atoms with E-state index in [0.29, 0.717) is 23.7 Å². The fourth-order valence-corrected chi connectivity index (χ4v) is 6.04. The number of hydrogen-bond donors (Lipinski definition) is 3. The molecule has 42 heavy (non-hydrogen) atoms. The van der Waals surface area contributed by atoms with Crippen molar-refractivity contribution >= 4 is 17.6 Å². The number of carbonyl (C=O) groups excluding carboxylic acids is 1. The highest BCUT2D eigenvalue weighted by Gasteiger charge is 2.36. The van der Waals surface area contributed by atoms with E-state index < -0.39 is 29.2 Å². The van der Waals surface area contributed by atoms with Crippen LogP contribution in [0, 0.1) is 18.7 Å². The van der Waals surface area contributed by atoms with Gasteiger partial charge in [-0.1, -0.05) is 55.3 Å². The molecular weight excluding hydrogens is 533 g/mol. The third kappa shape index (κ3) is 6.04. The first-order chi connectivity index (χ1) is 20.2. The highest BCUT2D eigenvalue weighted by molar-refractivity contribution is 6.11. The molecule has 0 amide bonds. The van der Waals surface area contributed by atoms with Crippen LogP contribution in [0.1, 0.15) is 64.2 Å². The lowest BCUT2D eigenvalue weighted by Crippen LogP contribution is -2.43. The molecule has 1 saturated carbocycles. The van der Waals surface area contributed by atoms with Gasteiger partial charge in [0, 0.05) is 24.1 Å². The minimum absolute atomic E-state index is 0.0199. The Bertz CT molecular complexity index is 1640. The van der Waals surface area contributed by atoms with E-state index in [2.05, 4.69) is 5.32 Å². The summed E-state index contributed by atoms with van der Waals surface area (Å²) < 4.78 is 15.0. The smallest absolute Gasteiger partial charge is 0.321 e. The Balaban J connectivity index is 1.37. The van der Waals surface area contributed by atoms with Gasteiger partial charge in [-0.3, -0.25) is 24.3 Å². The molecule has 0 saturated heterocycles. The fourth-order valence-electron chi connectivity index (χ4n) is 6.04. The first kappa shape index (κ1) is 29.0. The summed E-state index contributed by atoms with van der Waals surface area (Å²) in [4.78, 5) is 38.4. The third-order valence-electron chi connectivity index (χ3n) is 8.23. The van der Waals surface area contributed by atoms with Gasteiger partial charge in [0.15, 0.2) is 5.78 Å². The number of carbonyl (C=O) groups is 2. The van der Waals surface area contributed by atoms with Gasteiger partial charge in [0.1, 0.15) is 17.7 Å². The molecule has 0 radical (unpaired) electrons. The van der Waals surface area contributed by atoms with Crippen LogP contribution in [0.3, 0.4) is 0 Å². The molecular formula is C34H34FN3O4. The molecule has 7 nitrogen and oxygen atoms in total. The van der Waals surface area contributed by atoms with Crippen molar-refractivity contribution in [3.63, 3.8) is 0 Å². The number of carboxylic acid groups (broad SMARTS) is 1. The molecule has 1 fully saturated rings. The van der Waals surface area contributed by atoms with Crippen LogP contribution in [0.15, 0.2) is 89.7 Å². The summed E-state index contributed by atoms with van der Waals surface area (Å²) in [7, 11) is 0. The quantitative estimate of drug-likeness (QED) is 0.215. The fraction of sp³-hybridized carbons (Fsp3) is 0.265. The average Bonchev–Trinajstić information content (AvgIpc) is 3.52. The molecule has 2 unspecified atom stereocenters. The van der Waals surface area contributed by atoms with Crippen LogP contribution in [0.25, 0.3) is 5.69 Å². The molecule has 0 aliphatic heterocycles. The van der Waals surface area contributed by atoms with Crippen molar-refractivity contribution in [2.75, 3.05) is 5.73 Å². The topological polar surface area (TPSA) is 114 Å². The van der Waals surface area contributed by atoms with E-state index in [4.69, 9.17) is 5.73 Å². The van der Waals surface area contributed by atoms with Crippen molar-refractivity contribution in [1.82, 2.24) is 9.88 Å². The van der Waals surface area contributed by atoms with Crippen LogP contribution in [0.5, 0.6) is 0 Å². The highest BCUT2D eigenvalue weighted by atomic mass is 19.1. The number of pyridine rings is 1. The Hall–Kier alpha value is -4.56. The molecule has 216 valence electrons. The van der Waals surface area contributed by atoms with Crippen LogP contribution in [-0.2, 0) is 11.3 Å². The standard InChI is InChI=1S/C34H34FN3O4/c1-21-19-25(13-17-28(21)35)32(40)27-16-18-29(39)38(33(27)36)26-14-11-22(12-15-26)20-37-31(34(41)42)30(24-9-5-6-10-24)23-7-3-2-4-8-23/h2-4,7-8,11-19,24,30-31,37H,5-6,9-10,20,36H2,1H3,(H,41,42). The number of anilines is 1. The van der Waals surface area contributed by atoms with Crippen LogP contribution < -0.4 is 16.6 Å². The normalized spacial score (nSPS) is 14.9. The maximum absolute atomic E-state index is 13.7. The molecule has 0 spiro atoms. The Kier molecular flexibility index (Phi) is 8.64. The number of nitrogens with two attached hydrogens (primary N) is 1. The third-order valence-corrected chi connectivity index (χ3v) is 8.23. The zero-order valence-corrected chi connectivity index (χ0v) is 23.4. The lowest BCUT2D eigenvalue weighted by atomic mass is 9.79.